The number of nitrogens with zero attached hydrogens (tertiary/aromatic N) is 3. The van der Waals surface area contributed by atoms with Crippen molar-refractivity contribution in [1.82, 2.24) is 19.5 Å². The Kier molecular flexibility index (Phi) is 5.75. The lowest BCUT2D eigenvalue weighted by Gasteiger charge is -2.16. The molecular formula is C14H16ClF3N4O2S. The summed E-state index contributed by atoms with van der Waals surface area (Å²) in [5.41, 5.74) is 0. The Morgan fingerprint density at radius 1 is 1.24 bits per heavy atom. The van der Waals surface area contributed by atoms with Gasteiger partial charge in [-0.15, -0.1) is 10.2 Å². The van der Waals surface area contributed by atoms with Crippen molar-refractivity contribution >= 4 is 21.6 Å². The fourth-order valence-electron chi connectivity index (χ4n) is 2.29. The lowest BCUT2D eigenvalue weighted by molar-refractivity contribution is -0.129. The number of halogens is 4. The van der Waals surface area contributed by atoms with Crippen molar-refractivity contribution in [2.24, 2.45) is 0 Å². The Morgan fingerprint density at radius 3 is 2.36 bits per heavy atom. The Labute approximate surface area is 148 Å². The standard InChI is InChI=1S/C14H16ClF3N4O2S/c1-3-22-12(8-14(16,17)18)19-20-13(22)9(2)21-25(23,24)11-6-4-10(15)5-7-11/h4-7,9,21H,3,8H2,1-2H3. The Hall–Kier alpha value is -1.65. The third-order valence-electron chi connectivity index (χ3n) is 3.37. The summed E-state index contributed by atoms with van der Waals surface area (Å²) in [7, 11) is -3.89. The van der Waals surface area contributed by atoms with Crippen LogP contribution in [0.15, 0.2) is 29.2 Å². The molecule has 138 valence electrons. The topological polar surface area (TPSA) is 76.9 Å². The number of hydrogen-bond acceptors (Lipinski definition) is 4. The van der Waals surface area contributed by atoms with Crippen molar-refractivity contribution in [2.45, 2.75) is 43.9 Å². The molecule has 1 N–H and O–H groups in total. The Morgan fingerprint density at radius 2 is 1.84 bits per heavy atom. The molecular weight excluding hydrogens is 381 g/mol. The SMILES string of the molecule is CCn1c(CC(F)(F)F)nnc1C(C)NS(=O)(=O)c1ccc(Cl)cc1. The summed E-state index contributed by atoms with van der Waals surface area (Å²) < 4.78 is 66.1. The molecule has 11 heteroatoms. The fraction of sp³-hybridized carbons (Fsp3) is 0.429. The van der Waals surface area contributed by atoms with E-state index in [1.54, 1.807) is 6.92 Å². The average molecular weight is 397 g/mol. The summed E-state index contributed by atoms with van der Waals surface area (Å²) in [4.78, 5) is -0.0122. The third kappa shape index (κ3) is 4.93. The zero-order valence-electron chi connectivity index (χ0n) is 13.4. The van der Waals surface area contributed by atoms with Gasteiger partial charge in [0, 0.05) is 11.6 Å². The van der Waals surface area contributed by atoms with Crippen molar-refractivity contribution in [3.8, 4) is 0 Å². The maximum Gasteiger partial charge on any atom is 0.396 e. The highest BCUT2D eigenvalue weighted by Crippen LogP contribution is 2.23. The van der Waals surface area contributed by atoms with E-state index in [9.17, 15) is 21.6 Å². The highest BCUT2D eigenvalue weighted by atomic mass is 35.5. The van der Waals surface area contributed by atoms with Crippen molar-refractivity contribution in [2.75, 3.05) is 0 Å². The molecule has 1 unspecified atom stereocenters. The predicted octanol–water partition coefficient (Wildman–Crippen LogP) is 3.10. The largest absolute Gasteiger partial charge is 0.396 e. The van der Waals surface area contributed by atoms with Gasteiger partial charge in [-0.05, 0) is 38.1 Å². The van der Waals surface area contributed by atoms with E-state index in [1.165, 1.54) is 35.8 Å². The second-order valence-corrected chi connectivity index (χ2v) is 7.46. The molecule has 0 radical (unpaired) electrons. The molecule has 2 aromatic rings. The van der Waals surface area contributed by atoms with Crippen LogP contribution in [-0.2, 0) is 23.0 Å². The van der Waals surface area contributed by atoms with Crippen LogP contribution in [0, 0.1) is 0 Å². The lowest BCUT2D eigenvalue weighted by Crippen LogP contribution is -2.29. The van der Waals surface area contributed by atoms with E-state index < -0.39 is 28.7 Å². The first-order valence-electron chi connectivity index (χ1n) is 7.30. The number of nitrogens with one attached hydrogen (secondary N) is 1. The quantitative estimate of drug-likeness (QED) is 0.814. The van der Waals surface area contributed by atoms with Gasteiger partial charge in [-0.3, -0.25) is 0 Å². The maximum absolute atomic E-state index is 12.6. The van der Waals surface area contributed by atoms with Crippen molar-refractivity contribution in [3.05, 3.63) is 40.9 Å². The molecule has 0 amide bonds. The molecule has 1 heterocycles. The summed E-state index contributed by atoms with van der Waals surface area (Å²) in [6.07, 6.45) is -5.66. The molecule has 2 rings (SSSR count). The highest BCUT2D eigenvalue weighted by molar-refractivity contribution is 7.89. The molecule has 0 aliphatic carbocycles. The van der Waals surface area contributed by atoms with E-state index in [0.29, 0.717) is 5.02 Å². The summed E-state index contributed by atoms with van der Waals surface area (Å²) in [6, 6.07) is 4.65. The lowest BCUT2D eigenvalue weighted by atomic mass is 10.3. The van der Waals surface area contributed by atoms with Gasteiger partial charge in [0.05, 0.1) is 10.9 Å². The molecule has 6 nitrogen and oxygen atoms in total. The van der Waals surface area contributed by atoms with Crippen LogP contribution in [0.25, 0.3) is 0 Å². The number of hydrogen-bond donors (Lipinski definition) is 1. The number of benzene rings is 1. The Bertz CT molecular complexity index is 835. The molecule has 0 bridgehead atoms. The van der Waals surface area contributed by atoms with Crippen LogP contribution in [0.2, 0.25) is 5.02 Å². The highest BCUT2D eigenvalue weighted by Gasteiger charge is 2.32. The van der Waals surface area contributed by atoms with E-state index in [-0.39, 0.29) is 23.1 Å². The van der Waals surface area contributed by atoms with Gasteiger partial charge in [0.15, 0.2) is 5.82 Å². The van der Waals surface area contributed by atoms with E-state index in [1.807, 2.05) is 0 Å². The van der Waals surface area contributed by atoms with Gasteiger partial charge in [-0.1, -0.05) is 11.6 Å². The van der Waals surface area contributed by atoms with Crippen LogP contribution in [0.5, 0.6) is 0 Å². The van der Waals surface area contributed by atoms with Crippen LogP contribution in [0.3, 0.4) is 0 Å². The van der Waals surface area contributed by atoms with Crippen LogP contribution < -0.4 is 4.72 Å². The normalized spacial score (nSPS) is 13.8. The first-order valence-corrected chi connectivity index (χ1v) is 9.16. The van der Waals surface area contributed by atoms with E-state index in [4.69, 9.17) is 11.6 Å². The number of sulfonamides is 1. The Balaban J connectivity index is 2.26. The molecule has 0 saturated heterocycles. The van der Waals surface area contributed by atoms with Gasteiger partial charge < -0.3 is 4.57 Å². The molecule has 1 aromatic heterocycles. The van der Waals surface area contributed by atoms with E-state index >= 15 is 0 Å². The molecule has 0 fully saturated rings. The van der Waals surface area contributed by atoms with Gasteiger partial charge >= 0.3 is 6.18 Å². The minimum Gasteiger partial charge on any atom is -0.314 e. The van der Waals surface area contributed by atoms with Crippen LogP contribution in [0.4, 0.5) is 13.2 Å². The van der Waals surface area contributed by atoms with Crippen LogP contribution >= 0.6 is 11.6 Å². The number of aromatic nitrogens is 3. The van der Waals surface area contributed by atoms with Crippen LogP contribution in [-0.4, -0.2) is 29.4 Å². The van der Waals surface area contributed by atoms with Gasteiger partial charge in [0.25, 0.3) is 0 Å². The molecule has 0 aliphatic rings. The summed E-state index contributed by atoms with van der Waals surface area (Å²) in [6.45, 7) is 3.30. The van der Waals surface area contributed by atoms with Gasteiger partial charge in [0.1, 0.15) is 12.2 Å². The summed E-state index contributed by atoms with van der Waals surface area (Å²) in [5, 5.41) is 7.66. The zero-order valence-corrected chi connectivity index (χ0v) is 15.0. The molecule has 1 atom stereocenters. The summed E-state index contributed by atoms with van der Waals surface area (Å²) >= 11 is 5.73. The van der Waals surface area contributed by atoms with Crippen molar-refractivity contribution in [1.29, 1.82) is 0 Å². The number of alkyl halides is 3. The summed E-state index contributed by atoms with van der Waals surface area (Å²) in [5.74, 6) is -0.151. The zero-order chi connectivity index (χ0) is 18.8. The second-order valence-electron chi connectivity index (χ2n) is 5.31. The fourth-order valence-corrected chi connectivity index (χ4v) is 3.62. The van der Waals surface area contributed by atoms with Crippen molar-refractivity contribution < 1.29 is 21.6 Å². The number of rotatable bonds is 6. The van der Waals surface area contributed by atoms with Crippen molar-refractivity contribution in [3.63, 3.8) is 0 Å². The maximum atomic E-state index is 12.6. The minimum atomic E-state index is -4.43. The molecule has 25 heavy (non-hydrogen) atoms. The van der Waals surface area contributed by atoms with Crippen LogP contribution in [0.1, 0.15) is 31.5 Å². The first-order chi connectivity index (χ1) is 11.5. The van der Waals surface area contributed by atoms with Gasteiger partial charge in [0.2, 0.25) is 10.0 Å². The molecule has 1 aromatic carbocycles. The molecule has 0 saturated carbocycles. The predicted molar refractivity (Wildman–Crippen MR) is 85.6 cm³/mol. The minimum absolute atomic E-state index is 0.0122. The van der Waals surface area contributed by atoms with E-state index in [2.05, 4.69) is 14.9 Å². The van der Waals surface area contributed by atoms with E-state index in [0.717, 1.165) is 0 Å². The average Bonchev–Trinajstić information content (AvgIpc) is 2.88. The molecule has 0 spiro atoms. The monoisotopic (exact) mass is 396 g/mol. The molecule has 0 aliphatic heterocycles. The van der Waals surface area contributed by atoms with Gasteiger partial charge in [-0.25, -0.2) is 13.1 Å². The third-order valence-corrected chi connectivity index (χ3v) is 5.18. The van der Waals surface area contributed by atoms with Gasteiger partial charge in [-0.2, -0.15) is 13.2 Å². The second kappa shape index (κ2) is 7.30. The smallest absolute Gasteiger partial charge is 0.314 e. The first kappa shape index (κ1) is 19.7.